The minimum absolute atomic E-state index is 0.0774. The summed E-state index contributed by atoms with van der Waals surface area (Å²) in [5.41, 5.74) is 2.51. The van der Waals surface area contributed by atoms with Crippen LogP contribution in [-0.2, 0) is 17.9 Å². The second-order valence-electron chi connectivity index (χ2n) is 4.95. The third kappa shape index (κ3) is 5.00. The Bertz CT molecular complexity index is 599. The van der Waals surface area contributed by atoms with Gasteiger partial charge >= 0.3 is 0 Å². The van der Waals surface area contributed by atoms with Crippen molar-refractivity contribution < 1.29 is 9.18 Å². The number of nitrogens with one attached hydrogen (secondary N) is 2. The fourth-order valence-corrected chi connectivity index (χ4v) is 1.93. The monoisotopic (exact) mass is 286 g/mol. The molecule has 0 aliphatic heterocycles. The van der Waals surface area contributed by atoms with Crippen LogP contribution in [0.4, 0.5) is 4.39 Å². The van der Waals surface area contributed by atoms with E-state index in [1.807, 2.05) is 36.4 Å². The van der Waals surface area contributed by atoms with Gasteiger partial charge in [-0.05, 0) is 29.7 Å². The molecule has 3 nitrogen and oxygen atoms in total. The van der Waals surface area contributed by atoms with E-state index in [0.717, 1.165) is 11.1 Å². The van der Waals surface area contributed by atoms with Crippen LogP contribution in [-0.4, -0.2) is 12.5 Å². The molecule has 0 saturated heterocycles. The molecular weight excluding hydrogens is 267 g/mol. The smallest absolute Gasteiger partial charge is 0.234 e. The summed E-state index contributed by atoms with van der Waals surface area (Å²) in [4.78, 5) is 11.7. The normalized spacial score (nSPS) is 10.4. The lowest BCUT2D eigenvalue weighted by atomic mass is 10.1. The van der Waals surface area contributed by atoms with Gasteiger partial charge in [-0.3, -0.25) is 4.79 Å². The third-order valence-corrected chi connectivity index (χ3v) is 3.18. The second kappa shape index (κ2) is 7.55. The highest BCUT2D eigenvalue weighted by Gasteiger charge is 2.02. The van der Waals surface area contributed by atoms with Crippen LogP contribution >= 0.6 is 0 Å². The topological polar surface area (TPSA) is 41.1 Å². The molecule has 0 saturated carbocycles. The van der Waals surface area contributed by atoms with E-state index in [2.05, 4.69) is 10.6 Å². The van der Waals surface area contributed by atoms with E-state index in [0.29, 0.717) is 18.7 Å². The molecule has 4 heteroatoms. The third-order valence-electron chi connectivity index (χ3n) is 3.18. The number of hydrogen-bond donors (Lipinski definition) is 2. The van der Waals surface area contributed by atoms with Crippen LogP contribution in [0.25, 0.3) is 0 Å². The minimum atomic E-state index is -0.220. The predicted molar refractivity (Wildman–Crippen MR) is 81.1 cm³/mol. The molecule has 0 fully saturated rings. The molecule has 21 heavy (non-hydrogen) atoms. The first kappa shape index (κ1) is 15.2. The quantitative estimate of drug-likeness (QED) is 0.857. The van der Waals surface area contributed by atoms with Crippen LogP contribution in [0.5, 0.6) is 0 Å². The molecular formula is C17H19FN2O. The highest BCUT2D eigenvalue weighted by atomic mass is 19.1. The Morgan fingerprint density at radius 3 is 2.52 bits per heavy atom. The molecule has 2 N–H and O–H groups in total. The first-order chi connectivity index (χ1) is 10.1. The number of benzene rings is 2. The van der Waals surface area contributed by atoms with Crippen LogP contribution in [0, 0.1) is 12.7 Å². The second-order valence-corrected chi connectivity index (χ2v) is 4.95. The number of halogens is 1. The Kier molecular flexibility index (Phi) is 5.46. The Labute approximate surface area is 124 Å². The Morgan fingerprint density at radius 2 is 1.81 bits per heavy atom. The van der Waals surface area contributed by atoms with E-state index in [1.54, 1.807) is 13.0 Å². The number of rotatable bonds is 6. The van der Waals surface area contributed by atoms with Gasteiger partial charge < -0.3 is 10.6 Å². The van der Waals surface area contributed by atoms with Crippen molar-refractivity contribution >= 4 is 5.91 Å². The lowest BCUT2D eigenvalue weighted by molar-refractivity contribution is -0.120. The molecule has 1 amide bonds. The molecule has 110 valence electrons. The number of carbonyl (C=O) groups is 1. The zero-order valence-corrected chi connectivity index (χ0v) is 12.0. The summed E-state index contributed by atoms with van der Waals surface area (Å²) in [6.07, 6.45) is 0. The lowest BCUT2D eigenvalue weighted by Gasteiger charge is -2.07. The van der Waals surface area contributed by atoms with Gasteiger partial charge in [0.15, 0.2) is 0 Å². The number of amides is 1. The molecule has 0 aliphatic rings. The molecule has 0 atom stereocenters. The van der Waals surface area contributed by atoms with Crippen molar-refractivity contribution in [2.24, 2.45) is 0 Å². The zero-order valence-electron chi connectivity index (χ0n) is 12.0. The maximum atomic E-state index is 13.4. The molecule has 0 aromatic heterocycles. The fourth-order valence-electron chi connectivity index (χ4n) is 1.93. The predicted octanol–water partition coefficient (Wildman–Crippen LogP) is 2.54. The highest BCUT2D eigenvalue weighted by molar-refractivity contribution is 5.77. The molecule has 2 aromatic rings. The van der Waals surface area contributed by atoms with Gasteiger partial charge in [-0.25, -0.2) is 4.39 Å². The van der Waals surface area contributed by atoms with Crippen LogP contribution in [0.2, 0.25) is 0 Å². The summed E-state index contributed by atoms with van der Waals surface area (Å²) in [5.74, 6) is -0.297. The zero-order chi connectivity index (χ0) is 15.1. The summed E-state index contributed by atoms with van der Waals surface area (Å²) < 4.78 is 13.4. The fraction of sp³-hybridized carbons (Fsp3) is 0.235. The van der Waals surface area contributed by atoms with E-state index < -0.39 is 0 Å². The number of aryl methyl sites for hydroxylation is 1. The maximum absolute atomic E-state index is 13.4. The first-order valence-electron chi connectivity index (χ1n) is 6.91. The first-order valence-corrected chi connectivity index (χ1v) is 6.91. The molecule has 0 heterocycles. The van der Waals surface area contributed by atoms with Gasteiger partial charge in [0.25, 0.3) is 0 Å². The largest absolute Gasteiger partial charge is 0.351 e. The van der Waals surface area contributed by atoms with Crippen molar-refractivity contribution in [2.45, 2.75) is 20.0 Å². The summed E-state index contributed by atoms with van der Waals surface area (Å²) in [7, 11) is 0. The van der Waals surface area contributed by atoms with Crippen molar-refractivity contribution in [2.75, 3.05) is 6.54 Å². The summed E-state index contributed by atoms with van der Waals surface area (Å²) in [6, 6.07) is 14.8. The number of hydrogen-bond acceptors (Lipinski definition) is 2. The Hall–Kier alpha value is -2.20. The van der Waals surface area contributed by atoms with Gasteiger partial charge in [0.2, 0.25) is 5.91 Å². The van der Waals surface area contributed by atoms with E-state index in [1.165, 1.54) is 6.07 Å². The van der Waals surface area contributed by atoms with Crippen molar-refractivity contribution in [3.63, 3.8) is 0 Å². The van der Waals surface area contributed by atoms with Gasteiger partial charge in [0, 0.05) is 13.1 Å². The van der Waals surface area contributed by atoms with E-state index in [9.17, 15) is 9.18 Å². The van der Waals surface area contributed by atoms with Crippen molar-refractivity contribution in [3.05, 3.63) is 71.0 Å². The molecule has 0 aliphatic carbocycles. The van der Waals surface area contributed by atoms with Gasteiger partial charge in [0.05, 0.1) is 6.54 Å². The van der Waals surface area contributed by atoms with Crippen LogP contribution in [0.1, 0.15) is 16.7 Å². The summed E-state index contributed by atoms with van der Waals surface area (Å²) >= 11 is 0. The SMILES string of the molecule is Cc1ccc(CNCC(=O)NCc2ccccc2)cc1F. The molecule has 0 unspecified atom stereocenters. The van der Waals surface area contributed by atoms with Gasteiger partial charge in [-0.1, -0.05) is 42.5 Å². The van der Waals surface area contributed by atoms with Crippen LogP contribution in [0.15, 0.2) is 48.5 Å². The van der Waals surface area contributed by atoms with Crippen molar-refractivity contribution in [1.29, 1.82) is 0 Å². The average Bonchev–Trinajstić information content (AvgIpc) is 2.50. The standard InChI is InChI=1S/C17H19FN2O/c1-13-7-8-15(9-16(13)18)10-19-12-17(21)20-11-14-5-3-2-4-6-14/h2-9,19H,10-12H2,1H3,(H,20,21). The number of carbonyl (C=O) groups excluding carboxylic acids is 1. The van der Waals surface area contributed by atoms with Crippen LogP contribution < -0.4 is 10.6 Å². The van der Waals surface area contributed by atoms with E-state index >= 15 is 0 Å². The summed E-state index contributed by atoms with van der Waals surface area (Å²) in [5, 5.41) is 5.84. The van der Waals surface area contributed by atoms with Gasteiger partial charge in [0.1, 0.15) is 5.82 Å². The molecule has 2 aromatic carbocycles. The Morgan fingerprint density at radius 1 is 1.05 bits per heavy atom. The van der Waals surface area contributed by atoms with Crippen LogP contribution in [0.3, 0.4) is 0 Å². The Balaban J connectivity index is 1.70. The highest BCUT2D eigenvalue weighted by Crippen LogP contribution is 2.08. The van der Waals surface area contributed by atoms with Crippen molar-refractivity contribution in [1.82, 2.24) is 10.6 Å². The van der Waals surface area contributed by atoms with Gasteiger partial charge in [-0.15, -0.1) is 0 Å². The van der Waals surface area contributed by atoms with E-state index in [4.69, 9.17) is 0 Å². The maximum Gasteiger partial charge on any atom is 0.234 e. The average molecular weight is 286 g/mol. The van der Waals surface area contributed by atoms with Gasteiger partial charge in [-0.2, -0.15) is 0 Å². The molecule has 2 rings (SSSR count). The minimum Gasteiger partial charge on any atom is -0.351 e. The lowest BCUT2D eigenvalue weighted by Crippen LogP contribution is -2.33. The summed E-state index contributed by atoms with van der Waals surface area (Å²) in [6.45, 7) is 2.92. The molecule has 0 spiro atoms. The molecule has 0 radical (unpaired) electrons. The van der Waals surface area contributed by atoms with Crippen molar-refractivity contribution in [3.8, 4) is 0 Å². The molecule has 0 bridgehead atoms. The van der Waals surface area contributed by atoms with E-state index in [-0.39, 0.29) is 18.3 Å².